The molecule has 2 unspecified atom stereocenters. The number of aromatic nitrogens is 2. The molecule has 2 aliphatic heterocycles. The Hall–Kier alpha value is -4.98. The molecule has 0 bridgehead atoms. The molecule has 0 radical (unpaired) electrons. The molecular formula is C48H56N4O10S4. The molecular weight excluding hydrogens is 921 g/mol. The number of hydrogen-bond acceptors (Lipinski definition) is 12. The quantitative estimate of drug-likeness (QED) is 0.0853. The molecule has 4 aromatic carbocycles. The van der Waals surface area contributed by atoms with Crippen molar-refractivity contribution < 1.29 is 44.3 Å². The molecule has 18 heteroatoms. The summed E-state index contributed by atoms with van der Waals surface area (Å²) in [5.74, 6) is 1.50. The first-order chi connectivity index (χ1) is 31.6. The van der Waals surface area contributed by atoms with E-state index in [9.17, 15) is 26.4 Å². The summed E-state index contributed by atoms with van der Waals surface area (Å²) in [5.41, 5.74) is 7.49. The summed E-state index contributed by atoms with van der Waals surface area (Å²) in [7, 11) is -3.91. The Morgan fingerprint density at radius 2 is 1.09 bits per heavy atom. The van der Waals surface area contributed by atoms with Gasteiger partial charge in [-0.25, -0.2) is 0 Å². The third-order valence-corrected chi connectivity index (χ3v) is 15.5. The molecule has 0 spiro atoms. The fourth-order valence-corrected chi connectivity index (χ4v) is 12.2. The fraction of sp³-hybridized carbons (Fsp3) is 0.375. The average molecular weight is 977 g/mol. The Bertz CT molecular complexity index is 2950. The number of fused-ring (bicyclic) bond motifs is 10. The Labute approximate surface area is 395 Å². The van der Waals surface area contributed by atoms with Crippen LogP contribution in [-0.2, 0) is 51.3 Å². The number of likely N-dealkylation sites (N-methyl/N-ethyl adjacent to an activating group) is 2. The van der Waals surface area contributed by atoms with E-state index >= 15 is 0 Å². The minimum Gasteiger partial charge on any atom is -0.497 e. The lowest BCUT2D eigenvalue weighted by Gasteiger charge is -2.30. The molecule has 14 nitrogen and oxygen atoms in total. The Morgan fingerprint density at radius 1 is 0.606 bits per heavy atom. The van der Waals surface area contributed by atoms with Crippen molar-refractivity contribution >= 4 is 77.4 Å². The van der Waals surface area contributed by atoms with Gasteiger partial charge in [-0.2, -0.15) is 16.8 Å². The number of ether oxygens (including phenoxy) is 2. The van der Waals surface area contributed by atoms with Gasteiger partial charge in [0.25, 0.3) is 20.2 Å². The normalized spacial score (nSPS) is 15.2. The summed E-state index contributed by atoms with van der Waals surface area (Å²) >= 11 is 3.13. The number of rotatable bonds is 16. The highest BCUT2D eigenvalue weighted by Crippen LogP contribution is 2.55. The summed E-state index contributed by atoms with van der Waals surface area (Å²) in [6.07, 6.45) is 2.09. The Morgan fingerprint density at radius 3 is 1.58 bits per heavy atom. The molecule has 2 aliphatic rings. The second-order valence-electron chi connectivity index (χ2n) is 15.6. The van der Waals surface area contributed by atoms with Crippen molar-refractivity contribution in [2.24, 2.45) is 0 Å². The van der Waals surface area contributed by atoms with E-state index in [1.165, 1.54) is 0 Å². The SMILES string of the molecule is CCN(CC)C(=O)C1Sc2ccccc2-c2c1c1c(OC)cccc1n2CCOS(C)(=O)=O.CCN(CC)C(=O)C1Sc2ccccc2-c2c1c1ccc(OC)cc1n2CCOS(C)(=O)=O. The average Bonchev–Trinajstić information content (AvgIpc) is 3.81. The maximum absolute atomic E-state index is 13.7. The van der Waals surface area contributed by atoms with Crippen LogP contribution in [0.3, 0.4) is 0 Å². The number of carbonyl (C=O) groups is 2. The van der Waals surface area contributed by atoms with Crippen LogP contribution < -0.4 is 9.47 Å². The van der Waals surface area contributed by atoms with Gasteiger partial charge in [0.05, 0.1) is 62.4 Å². The van der Waals surface area contributed by atoms with Crippen molar-refractivity contribution in [3.8, 4) is 34.0 Å². The third kappa shape index (κ3) is 9.85. The Kier molecular flexibility index (Phi) is 15.2. The van der Waals surface area contributed by atoms with Crippen LogP contribution in [0.5, 0.6) is 11.5 Å². The van der Waals surface area contributed by atoms with Crippen molar-refractivity contribution in [2.45, 2.75) is 61.1 Å². The van der Waals surface area contributed by atoms with E-state index in [1.807, 2.05) is 122 Å². The first-order valence-corrected chi connectivity index (χ1v) is 27.2. The molecule has 0 saturated carbocycles. The number of benzene rings is 4. The van der Waals surface area contributed by atoms with Crippen molar-refractivity contribution in [2.75, 3.05) is 66.1 Å². The summed E-state index contributed by atoms with van der Waals surface area (Å²) < 4.78 is 71.8. The summed E-state index contributed by atoms with van der Waals surface area (Å²) in [5, 5.41) is 0.993. The molecule has 6 aromatic rings. The monoisotopic (exact) mass is 976 g/mol. The van der Waals surface area contributed by atoms with Gasteiger partial charge in [-0.1, -0.05) is 42.5 Å². The minimum absolute atomic E-state index is 0.00374. The van der Waals surface area contributed by atoms with Crippen LogP contribution in [0.25, 0.3) is 44.3 Å². The van der Waals surface area contributed by atoms with Crippen molar-refractivity contribution in [3.63, 3.8) is 0 Å². The molecule has 2 atom stereocenters. The first-order valence-electron chi connectivity index (χ1n) is 21.8. The van der Waals surface area contributed by atoms with E-state index in [0.717, 1.165) is 77.8 Å². The predicted octanol–water partition coefficient (Wildman–Crippen LogP) is 8.62. The van der Waals surface area contributed by atoms with E-state index in [4.69, 9.17) is 17.8 Å². The zero-order valence-corrected chi connectivity index (χ0v) is 41.7. The smallest absolute Gasteiger partial charge is 0.264 e. The van der Waals surface area contributed by atoms with Gasteiger partial charge in [0.2, 0.25) is 11.8 Å². The highest BCUT2D eigenvalue weighted by atomic mass is 32.2. The molecule has 66 heavy (non-hydrogen) atoms. The minimum atomic E-state index is -3.57. The molecule has 0 fully saturated rings. The maximum Gasteiger partial charge on any atom is 0.264 e. The first kappa shape index (κ1) is 48.9. The second kappa shape index (κ2) is 20.5. The molecule has 2 amide bonds. The summed E-state index contributed by atoms with van der Waals surface area (Å²) in [6, 6.07) is 27.6. The highest BCUT2D eigenvalue weighted by Gasteiger charge is 2.39. The van der Waals surface area contributed by atoms with Gasteiger partial charge in [-0.15, -0.1) is 23.5 Å². The number of carbonyl (C=O) groups excluding carboxylic acids is 2. The molecule has 352 valence electrons. The number of nitrogens with zero attached hydrogens (tertiary/aromatic N) is 4. The maximum atomic E-state index is 13.7. The highest BCUT2D eigenvalue weighted by molar-refractivity contribution is 8.00. The van der Waals surface area contributed by atoms with Crippen molar-refractivity contribution in [1.82, 2.24) is 18.9 Å². The van der Waals surface area contributed by atoms with Gasteiger partial charge >= 0.3 is 0 Å². The van der Waals surface area contributed by atoms with Gasteiger partial charge < -0.3 is 28.4 Å². The number of thioether (sulfide) groups is 2. The zero-order chi connectivity index (χ0) is 47.5. The van der Waals surface area contributed by atoms with E-state index in [1.54, 1.807) is 37.7 Å². The van der Waals surface area contributed by atoms with Crippen molar-refractivity contribution in [3.05, 3.63) is 96.1 Å². The van der Waals surface area contributed by atoms with Gasteiger partial charge in [-0.3, -0.25) is 18.0 Å². The number of methoxy groups -OCH3 is 2. The lowest BCUT2D eigenvalue weighted by atomic mass is 10.00. The molecule has 4 heterocycles. The van der Waals surface area contributed by atoms with Crippen LogP contribution in [0.4, 0.5) is 0 Å². The van der Waals surface area contributed by atoms with Crippen LogP contribution in [0.2, 0.25) is 0 Å². The van der Waals surface area contributed by atoms with E-state index < -0.39 is 30.7 Å². The van der Waals surface area contributed by atoms with Gasteiger partial charge in [0, 0.05) is 88.2 Å². The van der Waals surface area contributed by atoms with Gasteiger partial charge in [0.1, 0.15) is 22.0 Å². The van der Waals surface area contributed by atoms with E-state index in [0.29, 0.717) is 50.8 Å². The largest absolute Gasteiger partial charge is 0.497 e. The van der Waals surface area contributed by atoms with Gasteiger partial charge in [-0.05, 0) is 64.1 Å². The second-order valence-corrected chi connectivity index (χ2v) is 21.2. The molecule has 0 aliphatic carbocycles. The molecule has 0 saturated heterocycles. The van der Waals surface area contributed by atoms with E-state index in [-0.39, 0.29) is 25.0 Å². The van der Waals surface area contributed by atoms with Crippen LogP contribution in [0, 0.1) is 0 Å². The van der Waals surface area contributed by atoms with Crippen LogP contribution >= 0.6 is 23.5 Å². The van der Waals surface area contributed by atoms with Crippen LogP contribution in [-0.4, -0.2) is 114 Å². The standard InChI is InChI=1S/2C24H28N2O5S2/c1-5-25(6-2)24(27)23-21-20-17(11-9-12-18(20)30-3)26(14-15-31-33(4,28)29)22(21)16-10-7-8-13-19(16)32-23;1-5-25(6-2)24(27)23-21-17-12-11-16(30-3)15-19(17)26(13-14-31-33(4,28)29)22(21)18-9-7-8-10-20(18)32-23/h7-13,23H,5-6,14-15H2,1-4H3;7-12,15,23H,5-6,13-14H2,1-4H3. The lowest BCUT2D eigenvalue weighted by molar-refractivity contribution is -0.131. The number of hydrogen-bond donors (Lipinski definition) is 0. The van der Waals surface area contributed by atoms with Gasteiger partial charge in [0.15, 0.2) is 0 Å². The Balaban J connectivity index is 0.000000196. The zero-order valence-electron chi connectivity index (χ0n) is 38.4. The fourth-order valence-electron chi connectivity index (χ4n) is 8.83. The molecule has 2 aromatic heterocycles. The lowest BCUT2D eigenvalue weighted by Crippen LogP contribution is -2.34. The van der Waals surface area contributed by atoms with Crippen LogP contribution in [0.15, 0.2) is 94.7 Å². The molecule has 0 N–H and O–H groups in total. The summed E-state index contributed by atoms with van der Waals surface area (Å²) in [6.45, 7) is 11.1. The third-order valence-electron chi connectivity index (χ3n) is 11.7. The van der Waals surface area contributed by atoms with E-state index in [2.05, 4.69) is 9.13 Å². The number of amides is 2. The molecule has 8 rings (SSSR count). The summed E-state index contributed by atoms with van der Waals surface area (Å²) in [4.78, 5) is 33.0. The predicted molar refractivity (Wildman–Crippen MR) is 262 cm³/mol. The topological polar surface area (TPSA) is 156 Å². The van der Waals surface area contributed by atoms with Crippen LogP contribution in [0.1, 0.15) is 49.3 Å². The van der Waals surface area contributed by atoms with Crippen molar-refractivity contribution in [1.29, 1.82) is 0 Å².